The monoisotopic (exact) mass is 170 g/mol. The van der Waals surface area contributed by atoms with Crippen LogP contribution in [-0.4, -0.2) is 0 Å². The molecule has 0 amide bonds. The molecule has 11 heavy (non-hydrogen) atoms. The standard InChI is InChI=1S/C8H11ClN2/c1-2-7-3-5-8(6-4-7)10-11-9/h3-6,10-11H,2H2,1H3. The van der Waals surface area contributed by atoms with Crippen molar-refractivity contribution in [3.8, 4) is 0 Å². The van der Waals surface area contributed by atoms with E-state index in [2.05, 4.69) is 29.4 Å². The van der Waals surface area contributed by atoms with E-state index in [1.54, 1.807) is 0 Å². The third kappa shape index (κ3) is 2.41. The lowest BCUT2D eigenvalue weighted by molar-refractivity contribution is 1.13. The molecule has 0 unspecified atom stereocenters. The van der Waals surface area contributed by atoms with E-state index in [0.717, 1.165) is 12.1 Å². The number of anilines is 1. The van der Waals surface area contributed by atoms with Gasteiger partial charge in [-0.15, -0.1) is 4.94 Å². The highest BCUT2D eigenvalue weighted by molar-refractivity contribution is 6.13. The van der Waals surface area contributed by atoms with Gasteiger partial charge in [0.2, 0.25) is 0 Å². The number of aryl methyl sites for hydroxylation is 1. The van der Waals surface area contributed by atoms with E-state index >= 15 is 0 Å². The summed E-state index contributed by atoms with van der Waals surface area (Å²) in [7, 11) is 0. The number of hydrazine groups is 1. The predicted molar refractivity (Wildman–Crippen MR) is 48.4 cm³/mol. The van der Waals surface area contributed by atoms with E-state index in [-0.39, 0.29) is 0 Å². The van der Waals surface area contributed by atoms with Crippen LogP contribution in [0.2, 0.25) is 0 Å². The van der Waals surface area contributed by atoms with Gasteiger partial charge in [-0.3, -0.25) is 0 Å². The molecule has 2 N–H and O–H groups in total. The number of hydrogen-bond donors (Lipinski definition) is 2. The van der Waals surface area contributed by atoms with Gasteiger partial charge in [0.15, 0.2) is 0 Å². The van der Waals surface area contributed by atoms with E-state index in [1.165, 1.54) is 5.56 Å². The van der Waals surface area contributed by atoms with Gasteiger partial charge in [0.05, 0.1) is 0 Å². The molecule has 1 aromatic carbocycles. The molecule has 3 heteroatoms. The van der Waals surface area contributed by atoms with E-state index in [1.807, 2.05) is 12.1 Å². The van der Waals surface area contributed by atoms with Crippen molar-refractivity contribution in [2.75, 3.05) is 5.43 Å². The maximum atomic E-state index is 5.25. The molecule has 0 saturated heterocycles. The lowest BCUT2D eigenvalue weighted by Gasteiger charge is -2.02. The minimum absolute atomic E-state index is 0.970. The molecule has 1 rings (SSSR count). The first kappa shape index (κ1) is 8.37. The van der Waals surface area contributed by atoms with Crippen LogP contribution in [0.3, 0.4) is 0 Å². The average Bonchev–Trinajstić information content (AvgIpc) is 2.07. The van der Waals surface area contributed by atoms with E-state index in [0.29, 0.717) is 0 Å². The summed E-state index contributed by atoms with van der Waals surface area (Å²) in [6.45, 7) is 2.13. The number of nitrogens with one attached hydrogen (secondary N) is 2. The molecule has 1 aromatic rings. The second-order valence-corrected chi connectivity index (χ2v) is 2.46. The van der Waals surface area contributed by atoms with Gasteiger partial charge in [-0.2, -0.15) is 0 Å². The summed E-state index contributed by atoms with van der Waals surface area (Å²) in [6, 6.07) is 8.09. The third-order valence-electron chi connectivity index (χ3n) is 1.55. The van der Waals surface area contributed by atoms with Crippen LogP contribution in [0.1, 0.15) is 12.5 Å². The van der Waals surface area contributed by atoms with Crippen LogP contribution < -0.4 is 10.4 Å². The smallest absolute Gasteiger partial charge is 0.0500 e. The summed E-state index contributed by atoms with van der Waals surface area (Å²) in [4.78, 5) is 2.34. The van der Waals surface area contributed by atoms with Gasteiger partial charge in [0.1, 0.15) is 0 Å². The Morgan fingerprint density at radius 1 is 1.27 bits per heavy atom. The summed E-state index contributed by atoms with van der Waals surface area (Å²) < 4.78 is 0. The van der Waals surface area contributed by atoms with Crippen LogP contribution in [0.15, 0.2) is 24.3 Å². The molecule has 2 nitrogen and oxygen atoms in total. The molecule has 0 radical (unpaired) electrons. The normalized spacial score (nSPS) is 9.64. The van der Waals surface area contributed by atoms with Crippen molar-refractivity contribution in [1.29, 1.82) is 0 Å². The van der Waals surface area contributed by atoms with Gasteiger partial charge >= 0.3 is 0 Å². The third-order valence-corrected chi connectivity index (χ3v) is 1.65. The minimum Gasteiger partial charge on any atom is -0.308 e. The van der Waals surface area contributed by atoms with Gasteiger partial charge in [-0.05, 0) is 35.9 Å². The van der Waals surface area contributed by atoms with Gasteiger partial charge < -0.3 is 5.43 Å². The Morgan fingerprint density at radius 2 is 1.91 bits per heavy atom. The Bertz CT molecular complexity index is 208. The summed E-state index contributed by atoms with van der Waals surface area (Å²) in [5, 5.41) is 0. The zero-order chi connectivity index (χ0) is 8.10. The first-order chi connectivity index (χ1) is 5.36. The van der Waals surface area contributed by atoms with Crippen LogP contribution in [0, 0.1) is 0 Å². The summed E-state index contributed by atoms with van der Waals surface area (Å²) in [5.74, 6) is 0. The quantitative estimate of drug-likeness (QED) is 0.538. The largest absolute Gasteiger partial charge is 0.308 e. The summed E-state index contributed by atoms with van der Waals surface area (Å²) >= 11 is 5.25. The molecule has 0 bridgehead atoms. The SMILES string of the molecule is CCc1ccc(NNCl)cc1. The molecule has 0 spiro atoms. The lowest BCUT2D eigenvalue weighted by atomic mass is 10.2. The molecule has 0 heterocycles. The van der Waals surface area contributed by atoms with Crippen molar-refractivity contribution in [3.63, 3.8) is 0 Å². The van der Waals surface area contributed by atoms with Crippen LogP contribution in [0.5, 0.6) is 0 Å². The van der Waals surface area contributed by atoms with Crippen molar-refractivity contribution < 1.29 is 0 Å². The van der Waals surface area contributed by atoms with E-state index in [4.69, 9.17) is 11.8 Å². The molecule has 0 aliphatic heterocycles. The fourth-order valence-electron chi connectivity index (χ4n) is 0.878. The molecule has 0 aliphatic rings. The summed E-state index contributed by atoms with van der Waals surface area (Å²) in [5.41, 5.74) is 5.07. The fraction of sp³-hybridized carbons (Fsp3) is 0.250. The van der Waals surface area contributed by atoms with Crippen molar-refractivity contribution >= 4 is 17.5 Å². The molecule has 0 atom stereocenters. The van der Waals surface area contributed by atoms with E-state index in [9.17, 15) is 0 Å². The molecular formula is C8H11ClN2. The molecule has 0 aliphatic carbocycles. The Labute approximate surface area is 71.6 Å². The van der Waals surface area contributed by atoms with E-state index < -0.39 is 0 Å². The lowest BCUT2D eigenvalue weighted by Crippen LogP contribution is -2.08. The van der Waals surface area contributed by atoms with Gasteiger partial charge in [0.25, 0.3) is 0 Å². The molecule has 0 fully saturated rings. The van der Waals surface area contributed by atoms with Gasteiger partial charge in [-0.1, -0.05) is 19.1 Å². The molecule has 0 aromatic heterocycles. The van der Waals surface area contributed by atoms with Crippen molar-refractivity contribution in [1.82, 2.24) is 4.94 Å². The molecule has 0 saturated carbocycles. The highest BCUT2D eigenvalue weighted by Gasteiger charge is 1.89. The average molecular weight is 171 g/mol. The van der Waals surface area contributed by atoms with Crippen LogP contribution in [0.4, 0.5) is 5.69 Å². The first-order valence-electron chi connectivity index (χ1n) is 3.57. The summed E-state index contributed by atoms with van der Waals surface area (Å²) in [6.07, 6.45) is 1.06. The minimum atomic E-state index is 0.970. The number of halogens is 1. The number of benzene rings is 1. The Kier molecular flexibility index (Phi) is 3.20. The maximum Gasteiger partial charge on any atom is 0.0500 e. The Morgan fingerprint density at radius 3 is 2.36 bits per heavy atom. The zero-order valence-corrected chi connectivity index (χ0v) is 7.15. The van der Waals surface area contributed by atoms with Gasteiger partial charge in [-0.25, -0.2) is 0 Å². The van der Waals surface area contributed by atoms with Crippen molar-refractivity contribution in [2.24, 2.45) is 0 Å². The van der Waals surface area contributed by atoms with Gasteiger partial charge in [0, 0.05) is 5.69 Å². The Hall–Kier alpha value is -0.730. The Balaban J connectivity index is 2.66. The number of hydrogen-bond acceptors (Lipinski definition) is 2. The highest BCUT2D eigenvalue weighted by Crippen LogP contribution is 2.08. The molecule has 60 valence electrons. The first-order valence-corrected chi connectivity index (χ1v) is 3.95. The second kappa shape index (κ2) is 4.21. The van der Waals surface area contributed by atoms with Crippen molar-refractivity contribution in [2.45, 2.75) is 13.3 Å². The van der Waals surface area contributed by atoms with Crippen LogP contribution in [-0.2, 0) is 6.42 Å². The predicted octanol–water partition coefficient (Wildman–Crippen LogP) is 2.32. The highest BCUT2D eigenvalue weighted by atomic mass is 35.5. The fourth-order valence-corrected chi connectivity index (χ4v) is 0.987. The molecular weight excluding hydrogens is 160 g/mol. The van der Waals surface area contributed by atoms with Crippen LogP contribution >= 0.6 is 11.8 Å². The van der Waals surface area contributed by atoms with Crippen LogP contribution in [0.25, 0.3) is 0 Å². The number of rotatable bonds is 3. The zero-order valence-electron chi connectivity index (χ0n) is 6.39. The van der Waals surface area contributed by atoms with Crippen molar-refractivity contribution in [3.05, 3.63) is 29.8 Å². The second-order valence-electron chi connectivity index (χ2n) is 2.27. The topological polar surface area (TPSA) is 24.1 Å². The maximum absolute atomic E-state index is 5.25.